The van der Waals surface area contributed by atoms with E-state index in [4.69, 9.17) is 33.7 Å². The van der Waals surface area contributed by atoms with Crippen molar-refractivity contribution in [3.05, 3.63) is 28.2 Å². The van der Waals surface area contributed by atoms with Gasteiger partial charge in [0.2, 0.25) is 0 Å². The Kier molecular flexibility index (Phi) is 7.90. The Bertz CT molecular complexity index is 471. The molecule has 2 N–H and O–H groups in total. The van der Waals surface area contributed by atoms with Crippen LogP contribution < -0.4 is 10.5 Å². The number of aliphatic imine (C=N–C) groups is 1. The molecular weight excluding hydrogens is 424 g/mol. The Hall–Kier alpha value is -0.400. The highest BCUT2D eigenvalue weighted by atomic mass is 127. The molecule has 1 aliphatic rings. The zero-order chi connectivity index (χ0) is 14.5. The Morgan fingerprint density at radius 2 is 1.86 bits per heavy atom. The van der Waals surface area contributed by atoms with Crippen LogP contribution in [0.3, 0.4) is 0 Å². The van der Waals surface area contributed by atoms with Crippen LogP contribution in [0.4, 0.5) is 0 Å². The largest absolute Gasteiger partial charge is 0.493 e. The van der Waals surface area contributed by atoms with E-state index in [9.17, 15) is 0 Å². The van der Waals surface area contributed by atoms with E-state index in [0.29, 0.717) is 28.5 Å². The lowest BCUT2D eigenvalue weighted by molar-refractivity contribution is 0.180. The molecule has 0 saturated carbocycles. The molecular formula is C14H20Cl2IN3O. The topological polar surface area (TPSA) is 50.8 Å². The minimum atomic E-state index is 0. The smallest absolute Gasteiger partial charge is 0.190 e. The number of hydrogen-bond acceptors (Lipinski definition) is 2. The summed E-state index contributed by atoms with van der Waals surface area (Å²) >= 11 is 11.9. The van der Waals surface area contributed by atoms with E-state index in [-0.39, 0.29) is 24.0 Å². The first-order chi connectivity index (χ1) is 9.58. The van der Waals surface area contributed by atoms with Crippen LogP contribution in [0.5, 0.6) is 5.75 Å². The van der Waals surface area contributed by atoms with Gasteiger partial charge in [0.25, 0.3) is 0 Å². The van der Waals surface area contributed by atoms with E-state index in [0.717, 1.165) is 31.7 Å². The number of nitrogens with zero attached hydrogens (tertiary/aromatic N) is 2. The van der Waals surface area contributed by atoms with Crippen molar-refractivity contribution in [2.24, 2.45) is 16.6 Å². The third kappa shape index (κ3) is 5.71. The van der Waals surface area contributed by atoms with Crippen LogP contribution >= 0.6 is 47.2 Å². The van der Waals surface area contributed by atoms with Gasteiger partial charge in [-0.05, 0) is 37.0 Å². The van der Waals surface area contributed by atoms with Crippen LogP contribution in [0.15, 0.2) is 23.2 Å². The molecule has 0 spiro atoms. The number of halogens is 3. The van der Waals surface area contributed by atoms with Gasteiger partial charge in [-0.15, -0.1) is 24.0 Å². The average molecular weight is 444 g/mol. The van der Waals surface area contributed by atoms with Crippen molar-refractivity contribution in [3.8, 4) is 5.75 Å². The zero-order valence-electron chi connectivity index (χ0n) is 11.9. The molecule has 4 nitrogen and oxygen atoms in total. The molecule has 0 amide bonds. The lowest BCUT2D eigenvalue weighted by Crippen LogP contribution is -2.43. The fraction of sp³-hybridized carbons (Fsp3) is 0.500. The summed E-state index contributed by atoms with van der Waals surface area (Å²) < 4.78 is 5.78. The van der Waals surface area contributed by atoms with E-state index in [2.05, 4.69) is 9.89 Å². The first-order valence-corrected chi connectivity index (χ1v) is 7.40. The van der Waals surface area contributed by atoms with Crippen LogP contribution in [-0.4, -0.2) is 37.6 Å². The third-order valence-corrected chi connectivity index (χ3v) is 3.93. The van der Waals surface area contributed by atoms with Crippen LogP contribution in [0, 0.1) is 5.92 Å². The van der Waals surface area contributed by atoms with Gasteiger partial charge in [0.15, 0.2) is 5.96 Å². The molecule has 1 aliphatic heterocycles. The Morgan fingerprint density at radius 1 is 1.29 bits per heavy atom. The van der Waals surface area contributed by atoms with Crippen molar-refractivity contribution in [2.45, 2.75) is 12.8 Å². The molecule has 0 bridgehead atoms. The van der Waals surface area contributed by atoms with Crippen molar-refractivity contribution in [1.29, 1.82) is 0 Å². The molecule has 7 heteroatoms. The van der Waals surface area contributed by atoms with Gasteiger partial charge in [-0.1, -0.05) is 23.2 Å². The first-order valence-electron chi connectivity index (χ1n) is 6.64. The summed E-state index contributed by atoms with van der Waals surface area (Å²) in [5, 5.41) is 1.18. The van der Waals surface area contributed by atoms with Gasteiger partial charge in [0.1, 0.15) is 5.75 Å². The zero-order valence-corrected chi connectivity index (χ0v) is 15.7. The first kappa shape index (κ1) is 18.6. The van der Waals surface area contributed by atoms with Gasteiger partial charge in [0, 0.05) is 30.2 Å². The molecule has 0 aliphatic carbocycles. The molecule has 1 aromatic carbocycles. The summed E-state index contributed by atoms with van der Waals surface area (Å²) in [6.45, 7) is 2.52. The van der Waals surface area contributed by atoms with Gasteiger partial charge in [0.05, 0.1) is 6.61 Å². The molecule has 1 fully saturated rings. The fourth-order valence-electron chi connectivity index (χ4n) is 2.30. The molecule has 1 heterocycles. The molecule has 0 unspecified atom stereocenters. The summed E-state index contributed by atoms with van der Waals surface area (Å²) in [7, 11) is 1.72. The Morgan fingerprint density at radius 3 is 2.38 bits per heavy atom. The number of benzene rings is 1. The predicted molar refractivity (Wildman–Crippen MR) is 99.2 cm³/mol. The lowest BCUT2D eigenvalue weighted by atomic mass is 9.98. The van der Waals surface area contributed by atoms with Gasteiger partial charge in [-0.25, -0.2) is 0 Å². The average Bonchev–Trinajstić information content (AvgIpc) is 2.44. The lowest BCUT2D eigenvalue weighted by Gasteiger charge is -2.32. The number of ether oxygens (including phenoxy) is 1. The quantitative estimate of drug-likeness (QED) is 0.440. The van der Waals surface area contributed by atoms with Gasteiger partial charge >= 0.3 is 0 Å². The van der Waals surface area contributed by atoms with Gasteiger partial charge in [-0.3, -0.25) is 4.99 Å². The summed E-state index contributed by atoms with van der Waals surface area (Å²) in [5.74, 6) is 1.86. The van der Waals surface area contributed by atoms with Gasteiger partial charge < -0.3 is 15.4 Å². The fourth-order valence-corrected chi connectivity index (χ4v) is 2.80. The number of likely N-dealkylation sites (tertiary alicyclic amines) is 1. The number of piperidine rings is 1. The maximum absolute atomic E-state index is 5.94. The molecule has 0 aromatic heterocycles. The van der Waals surface area contributed by atoms with Crippen molar-refractivity contribution < 1.29 is 4.74 Å². The third-order valence-electron chi connectivity index (χ3n) is 3.49. The van der Waals surface area contributed by atoms with Crippen molar-refractivity contribution in [1.82, 2.24) is 4.90 Å². The monoisotopic (exact) mass is 443 g/mol. The van der Waals surface area contributed by atoms with Crippen LogP contribution in [0.1, 0.15) is 12.8 Å². The number of hydrogen-bond donors (Lipinski definition) is 1. The molecule has 21 heavy (non-hydrogen) atoms. The van der Waals surface area contributed by atoms with Crippen molar-refractivity contribution in [2.75, 3.05) is 26.7 Å². The van der Waals surface area contributed by atoms with E-state index in [1.54, 1.807) is 25.2 Å². The normalized spacial score (nSPS) is 16.5. The SMILES string of the molecule is CN=C(N)N1CCC(COc2cc(Cl)cc(Cl)c2)CC1.I. The second-order valence-corrected chi connectivity index (χ2v) is 5.80. The minimum absolute atomic E-state index is 0. The second kappa shape index (κ2) is 8.90. The van der Waals surface area contributed by atoms with Crippen LogP contribution in [0.2, 0.25) is 10.0 Å². The summed E-state index contributed by atoms with van der Waals surface area (Å²) in [6.07, 6.45) is 2.09. The maximum Gasteiger partial charge on any atom is 0.190 e. The van der Waals surface area contributed by atoms with E-state index < -0.39 is 0 Å². The molecule has 2 rings (SSSR count). The highest BCUT2D eigenvalue weighted by molar-refractivity contribution is 14.0. The highest BCUT2D eigenvalue weighted by Gasteiger charge is 2.20. The second-order valence-electron chi connectivity index (χ2n) is 4.93. The minimum Gasteiger partial charge on any atom is -0.493 e. The predicted octanol–water partition coefficient (Wildman–Crippen LogP) is 3.65. The molecule has 118 valence electrons. The maximum atomic E-state index is 5.94. The summed E-state index contributed by atoms with van der Waals surface area (Å²) in [6, 6.07) is 5.26. The summed E-state index contributed by atoms with van der Waals surface area (Å²) in [4.78, 5) is 6.11. The van der Waals surface area contributed by atoms with E-state index in [1.165, 1.54) is 0 Å². The number of nitrogens with two attached hydrogens (primary N) is 1. The van der Waals surface area contributed by atoms with Crippen LogP contribution in [0.25, 0.3) is 0 Å². The molecule has 1 aromatic rings. The van der Waals surface area contributed by atoms with Crippen molar-refractivity contribution in [3.63, 3.8) is 0 Å². The number of rotatable bonds is 3. The molecule has 0 atom stereocenters. The number of guanidine groups is 1. The Balaban J connectivity index is 0.00000220. The molecule has 0 radical (unpaired) electrons. The highest BCUT2D eigenvalue weighted by Crippen LogP contribution is 2.25. The van der Waals surface area contributed by atoms with E-state index >= 15 is 0 Å². The standard InChI is InChI=1S/C14H19Cl2N3O.HI/c1-18-14(17)19-4-2-10(3-5-19)9-20-13-7-11(15)6-12(16)8-13;/h6-8,10H,2-5,9H2,1H3,(H2,17,18);1H. The van der Waals surface area contributed by atoms with E-state index in [1.807, 2.05) is 0 Å². The molecule has 1 saturated heterocycles. The van der Waals surface area contributed by atoms with Crippen LogP contribution in [-0.2, 0) is 0 Å². The summed E-state index contributed by atoms with van der Waals surface area (Å²) in [5.41, 5.74) is 5.81. The Labute approximate surface area is 152 Å². The van der Waals surface area contributed by atoms with Crippen molar-refractivity contribution >= 4 is 53.1 Å². The van der Waals surface area contributed by atoms with Gasteiger partial charge in [-0.2, -0.15) is 0 Å².